The molecule has 1 aromatic heterocycles. The largest absolute Gasteiger partial charge is 0.492 e. The summed E-state index contributed by atoms with van der Waals surface area (Å²) in [4.78, 5) is 3.21. The van der Waals surface area contributed by atoms with Gasteiger partial charge in [0.2, 0.25) is 0 Å². The van der Waals surface area contributed by atoms with E-state index in [1.807, 2.05) is 49.3 Å². The zero-order chi connectivity index (χ0) is 23.5. The molecule has 1 aliphatic heterocycles. The average molecular weight is 474 g/mol. The van der Waals surface area contributed by atoms with Gasteiger partial charge in [-0.15, -0.1) is 11.3 Å². The lowest BCUT2D eigenvalue weighted by Crippen LogP contribution is -2.55. The first-order valence-electron chi connectivity index (χ1n) is 11.1. The number of aliphatic hydroxyl groups is 4. The van der Waals surface area contributed by atoms with Crippen LogP contribution in [0.4, 0.5) is 0 Å². The Kier molecular flexibility index (Phi) is 7.65. The van der Waals surface area contributed by atoms with Crippen LogP contribution in [0.15, 0.2) is 48.5 Å². The van der Waals surface area contributed by atoms with E-state index in [2.05, 4.69) is 18.2 Å². The standard InChI is InChI=1S/C25H31NO6S/c1-26(2)9-10-31-19-8-7-15(11-17-13-16-5-3-4-6-21(16)33-17)12-18(19)25-24(30)23(29)22(28)20(14-27)32-25/h3-8,12-13,20,22-25,27-30H,9-11,14H2,1-2H3/t20?,22-,23+,24-,25+/m1/s1. The highest BCUT2D eigenvalue weighted by Gasteiger charge is 2.44. The molecule has 3 aromatic rings. The first-order chi connectivity index (χ1) is 15.9. The highest BCUT2D eigenvalue weighted by molar-refractivity contribution is 7.19. The fourth-order valence-corrected chi connectivity index (χ4v) is 5.18. The van der Waals surface area contributed by atoms with Crippen LogP contribution in [0.5, 0.6) is 5.75 Å². The van der Waals surface area contributed by atoms with Crippen molar-refractivity contribution in [3.63, 3.8) is 0 Å². The van der Waals surface area contributed by atoms with Gasteiger partial charge in [0.25, 0.3) is 0 Å². The van der Waals surface area contributed by atoms with E-state index in [4.69, 9.17) is 9.47 Å². The number of rotatable bonds is 8. The van der Waals surface area contributed by atoms with E-state index in [1.54, 1.807) is 11.3 Å². The quantitative estimate of drug-likeness (QED) is 0.397. The molecule has 5 atom stereocenters. The van der Waals surface area contributed by atoms with Crippen LogP contribution in [0, 0.1) is 0 Å². The lowest BCUT2D eigenvalue weighted by Gasteiger charge is -2.40. The minimum absolute atomic E-state index is 0.438. The van der Waals surface area contributed by atoms with Gasteiger partial charge in [0.1, 0.15) is 42.9 Å². The van der Waals surface area contributed by atoms with Crippen molar-refractivity contribution < 1.29 is 29.9 Å². The maximum absolute atomic E-state index is 10.7. The third-order valence-electron chi connectivity index (χ3n) is 5.92. The van der Waals surface area contributed by atoms with Crippen molar-refractivity contribution >= 4 is 21.4 Å². The van der Waals surface area contributed by atoms with Crippen LogP contribution in [0.3, 0.4) is 0 Å². The third kappa shape index (κ3) is 5.38. The fraction of sp³-hybridized carbons (Fsp3) is 0.440. The van der Waals surface area contributed by atoms with E-state index in [0.29, 0.717) is 30.9 Å². The second-order valence-electron chi connectivity index (χ2n) is 8.70. The number of likely N-dealkylation sites (N-methyl/N-ethyl adjacent to an activating group) is 1. The van der Waals surface area contributed by atoms with Crippen LogP contribution in [0.25, 0.3) is 10.1 Å². The monoisotopic (exact) mass is 473 g/mol. The Hall–Kier alpha value is -2.04. The molecule has 0 amide bonds. The Labute approximate surface area is 197 Å². The average Bonchev–Trinajstić information content (AvgIpc) is 3.21. The molecular weight excluding hydrogens is 442 g/mol. The van der Waals surface area contributed by atoms with E-state index < -0.39 is 37.1 Å². The molecule has 0 radical (unpaired) electrons. The molecule has 0 saturated carbocycles. The highest BCUT2D eigenvalue weighted by Crippen LogP contribution is 2.38. The molecule has 7 nitrogen and oxygen atoms in total. The Morgan fingerprint density at radius 1 is 1.00 bits per heavy atom. The number of hydrogen-bond acceptors (Lipinski definition) is 8. The van der Waals surface area contributed by atoms with E-state index in [1.165, 1.54) is 15.0 Å². The van der Waals surface area contributed by atoms with Gasteiger partial charge in [-0.1, -0.05) is 24.3 Å². The normalized spacial score (nSPS) is 25.6. The molecular formula is C25H31NO6S. The molecule has 178 valence electrons. The maximum atomic E-state index is 10.7. The lowest BCUT2D eigenvalue weighted by atomic mass is 9.90. The summed E-state index contributed by atoms with van der Waals surface area (Å²) in [5, 5.41) is 42.0. The summed E-state index contributed by atoms with van der Waals surface area (Å²) in [6.07, 6.45) is -5.44. The summed E-state index contributed by atoms with van der Waals surface area (Å²) < 4.78 is 13.1. The van der Waals surface area contributed by atoms with E-state index in [-0.39, 0.29) is 0 Å². The predicted octanol–water partition coefficient (Wildman–Crippen LogP) is 1.95. The molecule has 4 rings (SSSR count). The van der Waals surface area contributed by atoms with Gasteiger partial charge >= 0.3 is 0 Å². The molecule has 1 unspecified atom stereocenters. The second kappa shape index (κ2) is 10.5. The van der Waals surface area contributed by atoms with E-state index in [9.17, 15) is 20.4 Å². The van der Waals surface area contributed by atoms with Crippen LogP contribution in [-0.2, 0) is 11.2 Å². The fourth-order valence-electron chi connectivity index (χ4n) is 4.08. The second-order valence-corrected chi connectivity index (χ2v) is 9.87. The summed E-state index contributed by atoms with van der Waals surface area (Å²) in [6.45, 7) is 0.671. The van der Waals surface area contributed by atoms with Crippen molar-refractivity contribution in [1.29, 1.82) is 0 Å². The molecule has 0 aliphatic carbocycles. The molecule has 2 heterocycles. The first kappa shape index (κ1) is 24.1. The summed E-state index contributed by atoms with van der Waals surface area (Å²) in [5.41, 5.74) is 1.60. The smallest absolute Gasteiger partial charge is 0.125 e. The predicted molar refractivity (Wildman–Crippen MR) is 128 cm³/mol. The van der Waals surface area contributed by atoms with Crippen LogP contribution < -0.4 is 4.74 Å². The van der Waals surface area contributed by atoms with Crippen molar-refractivity contribution in [2.24, 2.45) is 0 Å². The molecule has 1 fully saturated rings. The number of benzene rings is 2. The minimum Gasteiger partial charge on any atom is -0.492 e. The van der Waals surface area contributed by atoms with Crippen molar-refractivity contribution in [3.8, 4) is 5.75 Å². The topological polar surface area (TPSA) is 103 Å². The summed E-state index contributed by atoms with van der Waals surface area (Å²) in [6, 6.07) is 16.2. The Bertz CT molecular complexity index is 1030. The molecule has 4 N–H and O–H groups in total. The molecule has 0 spiro atoms. The number of nitrogens with zero attached hydrogens (tertiary/aromatic N) is 1. The van der Waals surface area contributed by atoms with Gasteiger partial charge in [-0.3, -0.25) is 0 Å². The number of hydrogen-bond donors (Lipinski definition) is 4. The van der Waals surface area contributed by atoms with Gasteiger partial charge in [0, 0.05) is 28.1 Å². The Morgan fingerprint density at radius 2 is 1.79 bits per heavy atom. The third-order valence-corrected chi connectivity index (χ3v) is 7.04. The zero-order valence-corrected chi connectivity index (χ0v) is 19.6. The van der Waals surface area contributed by atoms with Gasteiger partial charge < -0.3 is 34.8 Å². The van der Waals surface area contributed by atoms with Crippen molar-refractivity contribution in [2.75, 3.05) is 33.9 Å². The molecule has 8 heteroatoms. The summed E-state index contributed by atoms with van der Waals surface area (Å²) in [7, 11) is 3.91. The maximum Gasteiger partial charge on any atom is 0.125 e. The van der Waals surface area contributed by atoms with Gasteiger partial charge in [0.05, 0.1) is 6.61 Å². The number of fused-ring (bicyclic) bond motifs is 1. The van der Waals surface area contributed by atoms with E-state index >= 15 is 0 Å². The molecule has 1 saturated heterocycles. The van der Waals surface area contributed by atoms with Crippen LogP contribution in [0.2, 0.25) is 0 Å². The van der Waals surface area contributed by atoms with Crippen molar-refractivity contribution in [1.82, 2.24) is 4.90 Å². The Balaban J connectivity index is 1.65. The van der Waals surface area contributed by atoms with Crippen LogP contribution in [-0.4, -0.2) is 83.6 Å². The molecule has 0 bridgehead atoms. The Morgan fingerprint density at radius 3 is 2.52 bits per heavy atom. The van der Waals surface area contributed by atoms with Gasteiger partial charge in [-0.25, -0.2) is 0 Å². The van der Waals surface area contributed by atoms with Gasteiger partial charge in [0.15, 0.2) is 0 Å². The van der Waals surface area contributed by atoms with Gasteiger partial charge in [-0.2, -0.15) is 0 Å². The van der Waals surface area contributed by atoms with Crippen molar-refractivity contribution in [3.05, 3.63) is 64.5 Å². The summed E-state index contributed by atoms with van der Waals surface area (Å²) >= 11 is 1.74. The lowest BCUT2D eigenvalue weighted by molar-refractivity contribution is -0.232. The number of aliphatic hydroxyl groups excluding tert-OH is 4. The molecule has 2 aromatic carbocycles. The van der Waals surface area contributed by atoms with E-state index in [0.717, 1.165) is 5.56 Å². The number of thiophene rings is 1. The number of ether oxygens (including phenoxy) is 2. The SMILES string of the molecule is CN(C)CCOc1ccc(Cc2cc3ccccc3s2)cc1[C@@H]1OC(CO)[C@@H](O)[C@H](O)[C@H]1O. The first-order valence-corrected chi connectivity index (χ1v) is 11.9. The van der Waals surface area contributed by atoms with Crippen LogP contribution in [0.1, 0.15) is 22.1 Å². The summed E-state index contributed by atoms with van der Waals surface area (Å²) in [5.74, 6) is 0.543. The van der Waals surface area contributed by atoms with Crippen LogP contribution >= 0.6 is 11.3 Å². The highest BCUT2D eigenvalue weighted by atomic mass is 32.1. The zero-order valence-electron chi connectivity index (χ0n) is 18.8. The molecule has 1 aliphatic rings. The molecule has 33 heavy (non-hydrogen) atoms. The minimum atomic E-state index is -1.44. The van der Waals surface area contributed by atoms with Gasteiger partial charge in [-0.05, 0) is 49.3 Å². The van der Waals surface area contributed by atoms with Crippen molar-refractivity contribution in [2.45, 2.75) is 36.9 Å².